The summed E-state index contributed by atoms with van der Waals surface area (Å²) in [6.45, 7) is 4.00. The summed E-state index contributed by atoms with van der Waals surface area (Å²) in [5.74, 6) is -0.897. The van der Waals surface area contributed by atoms with Crippen molar-refractivity contribution >= 4 is 27.6 Å². The van der Waals surface area contributed by atoms with E-state index in [2.05, 4.69) is 33.8 Å². The minimum absolute atomic E-state index is 0.310. The van der Waals surface area contributed by atoms with Gasteiger partial charge in [0.05, 0.1) is 11.3 Å². The van der Waals surface area contributed by atoms with Crippen molar-refractivity contribution in [3.05, 3.63) is 39.9 Å². The predicted octanol–water partition coefficient (Wildman–Crippen LogP) is 3.30. The largest absolute Gasteiger partial charge is 0.478 e. The van der Waals surface area contributed by atoms with Crippen molar-refractivity contribution in [2.45, 2.75) is 13.3 Å². The van der Waals surface area contributed by atoms with E-state index >= 15 is 0 Å². The van der Waals surface area contributed by atoms with Crippen LogP contribution in [0.3, 0.4) is 0 Å². The highest BCUT2D eigenvalue weighted by molar-refractivity contribution is 9.10. The normalized spacial score (nSPS) is 15.6. The van der Waals surface area contributed by atoms with Gasteiger partial charge in [0.1, 0.15) is 0 Å². The highest BCUT2D eigenvalue weighted by Gasteiger charge is 2.14. The average Bonchev–Trinajstić information content (AvgIpc) is 2.30. The molecule has 0 fully saturated rings. The molecule has 0 saturated carbocycles. The second-order valence-corrected chi connectivity index (χ2v) is 5.07. The molecule has 0 aromatic heterocycles. The van der Waals surface area contributed by atoms with E-state index in [0.717, 1.165) is 29.7 Å². The summed E-state index contributed by atoms with van der Waals surface area (Å²) in [7, 11) is 0. The quantitative estimate of drug-likeness (QED) is 0.851. The molecule has 3 nitrogen and oxygen atoms in total. The zero-order valence-corrected chi connectivity index (χ0v) is 11.2. The minimum atomic E-state index is -0.897. The van der Waals surface area contributed by atoms with Crippen molar-refractivity contribution in [2.24, 2.45) is 0 Å². The number of carboxylic acids is 1. The fourth-order valence-electron chi connectivity index (χ4n) is 1.89. The van der Waals surface area contributed by atoms with Crippen LogP contribution in [0.2, 0.25) is 0 Å². The molecule has 0 amide bonds. The SMILES string of the molecule is CC1=CCN(c2ccc(C(=O)O)cc2Br)CC1. The summed E-state index contributed by atoms with van der Waals surface area (Å²) >= 11 is 3.44. The van der Waals surface area contributed by atoms with Crippen LogP contribution in [0.1, 0.15) is 23.7 Å². The van der Waals surface area contributed by atoms with Crippen molar-refractivity contribution in [3.63, 3.8) is 0 Å². The molecule has 0 radical (unpaired) electrons. The second kappa shape index (κ2) is 4.92. The lowest BCUT2D eigenvalue weighted by atomic mass is 10.1. The van der Waals surface area contributed by atoms with Crippen LogP contribution in [-0.2, 0) is 0 Å². The molecule has 2 rings (SSSR count). The Bertz CT molecular complexity index is 482. The zero-order valence-electron chi connectivity index (χ0n) is 9.61. The molecule has 17 heavy (non-hydrogen) atoms. The summed E-state index contributed by atoms with van der Waals surface area (Å²) in [6, 6.07) is 5.17. The van der Waals surface area contributed by atoms with Crippen molar-refractivity contribution in [3.8, 4) is 0 Å². The lowest BCUT2D eigenvalue weighted by Crippen LogP contribution is -2.28. The molecule has 1 heterocycles. The Labute approximate surface area is 109 Å². The number of benzene rings is 1. The number of halogens is 1. The first-order chi connectivity index (χ1) is 8.08. The Morgan fingerprint density at radius 1 is 1.47 bits per heavy atom. The standard InChI is InChI=1S/C13H14BrNO2/c1-9-4-6-15(7-5-9)12-3-2-10(13(16)17)8-11(12)14/h2-4,8H,5-7H2,1H3,(H,16,17). The fourth-order valence-corrected chi connectivity index (χ4v) is 2.52. The molecule has 0 aliphatic carbocycles. The third-order valence-electron chi connectivity index (χ3n) is 2.97. The maximum Gasteiger partial charge on any atom is 0.335 e. The monoisotopic (exact) mass is 295 g/mol. The van der Waals surface area contributed by atoms with Gasteiger partial charge in [-0.15, -0.1) is 0 Å². The van der Waals surface area contributed by atoms with Crippen LogP contribution >= 0.6 is 15.9 Å². The van der Waals surface area contributed by atoms with Crippen LogP contribution in [0.15, 0.2) is 34.3 Å². The molecule has 0 atom stereocenters. The Morgan fingerprint density at radius 2 is 2.24 bits per heavy atom. The van der Waals surface area contributed by atoms with E-state index in [-0.39, 0.29) is 0 Å². The van der Waals surface area contributed by atoms with E-state index in [1.54, 1.807) is 12.1 Å². The molecule has 1 aliphatic heterocycles. The molecule has 4 heteroatoms. The minimum Gasteiger partial charge on any atom is -0.478 e. The van der Waals surface area contributed by atoms with E-state index in [0.29, 0.717) is 5.56 Å². The molecular weight excluding hydrogens is 282 g/mol. The lowest BCUT2D eigenvalue weighted by molar-refractivity contribution is 0.0697. The van der Waals surface area contributed by atoms with Crippen LogP contribution < -0.4 is 4.90 Å². The zero-order chi connectivity index (χ0) is 12.4. The van der Waals surface area contributed by atoms with E-state index in [9.17, 15) is 4.79 Å². The van der Waals surface area contributed by atoms with Crippen molar-refractivity contribution in [1.82, 2.24) is 0 Å². The third-order valence-corrected chi connectivity index (χ3v) is 3.61. The van der Waals surface area contributed by atoms with Crippen LogP contribution in [0.5, 0.6) is 0 Å². The molecule has 0 unspecified atom stereocenters. The molecule has 90 valence electrons. The Morgan fingerprint density at radius 3 is 2.76 bits per heavy atom. The first-order valence-electron chi connectivity index (χ1n) is 5.51. The summed E-state index contributed by atoms with van der Waals surface area (Å²) in [4.78, 5) is 13.1. The molecule has 0 saturated heterocycles. The van der Waals surface area contributed by atoms with Gasteiger partial charge in [-0.3, -0.25) is 0 Å². The van der Waals surface area contributed by atoms with Gasteiger partial charge in [0, 0.05) is 17.6 Å². The number of carbonyl (C=O) groups is 1. The molecule has 1 aliphatic rings. The molecule has 1 aromatic rings. The lowest BCUT2D eigenvalue weighted by Gasteiger charge is -2.28. The van der Waals surface area contributed by atoms with Crippen LogP contribution in [0.4, 0.5) is 5.69 Å². The number of aromatic carboxylic acids is 1. The molecule has 0 bridgehead atoms. The van der Waals surface area contributed by atoms with Gasteiger partial charge in [0.2, 0.25) is 0 Å². The van der Waals surface area contributed by atoms with E-state index < -0.39 is 5.97 Å². The number of carboxylic acid groups (broad SMARTS) is 1. The van der Waals surface area contributed by atoms with Crippen molar-refractivity contribution < 1.29 is 9.90 Å². The van der Waals surface area contributed by atoms with Crippen molar-refractivity contribution in [2.75, 3.05) is 18.0 Å². The van der Waals surface area contributed by atoms with Gasteiger partial charge in [0.15, 0.2) is 0 Å². The molecular formula is C13H14BrNO2. The summed E-state index contributed by atoms with van der Waals surface area (Å²) < 4.78 is 0.838. The second-order valence-electron chi connectivity index (χ2n) is 4.22. The maximum absolute atomic E-state index is 10.8. The van der Waals surface area contributed by atoms with E-state index in [1.165, 1.54) is 5.57 Å². The van der Waals surface area contributed by atoms with Gasteiger partial charge >= 0.3 is 5.97 Å². The maximum atomic E-state index is 10.8. The van der Waals surface area contributed by atoms with Crippen LogP contribution in [0, 0.1) is 0 Å². The summed E-state index contributed by atoms with van der Waals surface area (Å²) in [5.41, 5.74) is 2.78. The van der Waals surface area contributed by atoms with E-state index in [1.807, 2.05) is 6.07 Å². The molecule has 1 aromatic carbocycles. The van der Waals surface area contributed by atoms with Gasteiger partial charge in [0.25, 0.3) is 0 Å². The highest BCUT2D eigenvalue weighted by Crippen LogP contribution is 2.29. The first kappa shape index (κ1) is 12.2. The number of anilines is 1. The van der Waals surface area contributed by atoms with Gasteiger partial charge in [-0.25, -0.2) is 4.79 Å². The van der Waals surface area contributed by atoms with Crippen LogP contribution in [0.25, 0.3) is 0 Å². The number of hydrogen-bond donors (Lipinski definition) is 1. The average molecular weight is 296 g/mol. The van der Waals surface area contributed by atoms with E-state index in [4.69, 9.17) is 5.11 Å². The Balaban J connectivity index is 2.25. The molecule has 1 N–H and O–H groups in total. The Hall–Kier alpha value is -1.29. The Kier molecular flexibility index (Phi) is 3.52. The fraction of sp³-hybridized carbons (Fsp3) is 0.308. The van der Waals surface area contributed by atoms with Gasteiger partial charge in [-0.2, -0.15) is 0 Å². The summed E-state index contributed by atoms with van der Waals surface area (Å²) in [5, 5.41) is 8.90. The molecule has 0 spiro atoms. The predicted molar refractivity (Wildman–Crippen MR) is 71.7 cm³/mol. The van der Waals surface area contributed by atoms with Crippen LogP contribution in [-0.4, -0.2) is 24.2 Å². The van der Waals surface area contributed by atoms with Gasteiger partial charge in [-0.05, 0) is 47.5 Å². The smallest absolute Gasteiger partial charge is 0.335 e. The third kappa shape index (κ3) is 2.69. The van der Waals surface area contributed by atoms with Gasteiger partial charge < -0.3 is 10.0 Å². The van der Waals surface area contributed by atoms with Gasteiger partial charge in [-0.1, -0.05) is 11.6 Å². The number of rotatable bonds is 2. The first-order valence-corrected chi connectivity index (χ1v) is 6.30. The highest BCUT2D eigenvalue weighted by atomic mass is 79.9. The summed E-state index contributed by atoms with van der Waals surface area (Å²) in [6.07, 6.45) is 3.27. The number of hydrogen-bond acceptors (Lipinski definition) is 2. The number of nitrogens with zero attached hydrogens (tertiary/aromatic N) is 1. The van der Waals surface area contributed by atoms with Crippen molar-refractivity contribution in [1.29, 1.82) is 0 Å². The topological polar surface area (TPSA) is 40.5 Å².